The smallest absolute Gasteiger partial charge is 0.257 e. The molecule has 1 heterocycles. The second-order valence-corrected chi connectivity index (χ2v) is 9.61. The van der Waals surface area contributed by atoms with Crippen molar-refractivity contribution in [1.29, 1.82) is 0 Å². The van der Waals surface area contributed by atoms with Crippen LogP contribution in [0.4, 0.5) is 0 Å². The fourth-order valence-electron chi connectivity index (χ4n) is 3.98. The molecule has 5 heteroatoms. The normalized spacial score (nSPS) is 11.5. The Hall–Kier alpha value is -3.60. The Kier molecular flexibility index (Phi) is 7.31. The van der Waals surface area contributed by atoms with Crippen molar-refractivity contribution >= 4 is 16.9 Å². The Morgan fingerprint density at radius 1 is 0.941 bits per heavy atom. The number of amides is 1. The van der Waals surface area contributed by atoms with Gasteiger partial charge in [-0.1, -0.05) is 75.4 Å². The van der Waals surface area contributed by atoms with Gasteiger partial charge in [0.15, 0.2) is 6.61 Å². The third-order valence-electron chi connectivity index (χ3n) is 5.91. The molecule has 0 unspecified atom stereocenters. The zero-order chi connectivity index (χ0) is 24.0. The molecule has 0 radical (unpaired) electrons. The van der Waals surface area contributed by atoms with Gasteiger partial charge in [0.05, 0.1) is 11.0 Å². The van der Waals surface area contributed by atoms with E-state index in [0.29, 0.717) is 12.3 Å². The summed E-state index contributed by atoms with van der Waals surface area (Å²) < 4.78 is 7.80. The lowest BCUT2D eigenvalue weighted by atomic mass is 9.87. The molecule has 0 atom stereocenters. The van der Waals surface area contributed by atoms with E-state index in [9.17, 15) is 4.79 Å². The summed E-state index contributed by atoms with van der Waals surface area (Å²) in [6, 6.07) is 26.5. The quantitative estimate of drug-likeness (QED) is 0.339. The predicted molar refractivity (Wildman–Crippen MR) is 137 cm³/mol. The van der Waals surface area contributed by atoms with E-state index < -0.39 is 0 Å². The van der Waals surface area contributed by atoms with Crippen LogP contribution in [0.2, 0.25) is 0 Å². The molecule has 1 amide bonds. The zero-order valence-electron chi connectivity index (χ0n) is 20.3. The molecular weight excluding hydrogens is 422 g/mol. The molecule has 4 rings (SSSR count). The van der Waals surface area contributed by atoms with Crippen molar-refractivity contribution in [3.8, 4) is 5.75 Å². The van der Waals surface area contributed by atoms with Crippen molar-refractivity contribution in [2.24, 2.45) is 0 Å². The van der Waals surface area contributed by atoms with Crippen LogP contribution in [0.5, 0.6) is 5.75 Å². The van der Waals surface area contributed by atoms with E-state index in [1.807, 2.05) is 36.4 Å². The minimum absolute atomic E-state index is 0.0209. The zero-order valence-corrected chi connectivity index (χ0v) is 20.3. The van der Waals surface area contributed by atoms with E-state index in [4.69, 9.17) is 9.72 Å². The van der Waals surface area contributed by atoms with Crippen molar-refractivity contribution < 1.29 is 9.53 Å². The Morgan fingerprint density at radius 3 is 2.38 bits per heavy atom. The molecule has 4 aromatic rings. The first kappa shape index (κ1) is 23.6. The molecule has 0 aliphatic heterocycles. The Bertz CT molecular complexity index is 1220. The topological polar surface area (TPSA) is 56.2 Å². The molecule has 176 valence electrons. The van der Waals surface area contributed by atoms with Gasteiger partial charge in [0.1, 0.15) is 11.6 Å². The first-order valence-electron chi connectivity index (χ1n) is 11.9. The van der Waals surface area contributed by atoms with E-state index in [0.717, 1.165) is 36.2 Å². The number of imidazole rings is 1. The number of ether oxygens (including phenoxy) is 1. The number of para-hydroxylation sites is 3. The fourth-order valence-corrected chi connectivity index (χ4v) is 3.98. The first-order valence-corrected chi connectivity index (χ1v) is 11.9. The number of fused-ring (bicyclic) bond motifs is 1. The van der Waals surface area contributed by atoms with Crippen molar-refractivity contribution in [3.05, 3.63) is 95.8 Å². The minimum atomic E-state index is -0.115. The van der Waals surface area contributed by atoms with E-state index in [-0.39, 0.29) is 17.9 Å². The van der Waals surface area contributed by atoms with Gasteiger partial charge >= 0.3 is 0 Å². The maximum Gasteiger partial charge on any atom is 0.257 e. The summed E-state index contributed by atoms with van der Waals surface area (Å²) in [7, 11) is 0. The van der Waals surface area contributed by atoms with Crippen LogP contribution < -0.4 is 10.1 Å². The number of carbonyl (C=O) groups is 1. The molecule has 0 aliphatic rings. The molecule has 5 nitrogen and oxygen atoms in total. The summed E-state index contributed by atoms with van der Waals surface area (Å²) in [6.07, 6.45) is 1.60. The lowest BCUT2D eigenvalue weighted by Gasteiger charge is -2.19. The molecule has 34 heavy (non-hydrogen) atoms. The van der Waals surface area contributed by atoms with Crippen molar-refractivity contribution in [2.75, 3.05) is 13.2 Å². The van der Waals surface area contributed by atoms with Crippen LogP contribution in [0.3, 0.4) is 0 Å². The Labute approximate surface area is 201 Å². The third kappa shape index (κ3) is 6.04. The van der Waals surface area contributed by atoms with Gasteiger partial charge in [-0.15, -0.1) is 0 Å². The molecule has 1 aromatic heterocycles. The summed E-state index contributed by atoms with van der Waals surface area (Å²) >= 11 is 0. The second-order valence-electron chi connectivity index (χ2n) is 9.61. The second kappa shape index (κ2) is 10.6. The number of nitrogens with zero attached hydrogens (tertiary/aromatic N) is 2. The molecule has 0 saturated carbocycles. The molecule has 0 spiro atoms. The predicted octanol–water partition coefficient (Wildman–Crippen LogP) is 5.51. The lowest BCUT2D eigenvalue weighted by Crippen LogP contribution is -2.30. The number of hydrogen-bond acceptors (Lipinski definition) is 3. The van der Waals surface area contributed by atoms with Crippen molar-refractivity contribution in [3.63, 3.8) is 0 Å². The van der Waals surface area contributed by atoms with Crippen LogP contribution in [-0.4, -0.2) is 28.6 Å². The highest BCUT2D eigenvalue weighted by molar-refractivity contribution is 5.77. The molecule has 0 fully saturated rings. The highest BCUT2D eigenvalue weighted by Crippen LogP contribution is 2.24. The summed E-state index contributed by atoms with van der Waals surface area (Å²) in [5.74, 6) is 1.62. The van der Waals surface area contributed by atoms with Gasteiger partial charge in [-0.25, -0.2) is 4.98 Å². The average Bonchev–Trinajstić information content (AvgIpc) is 3.18. The SMILES string of the molecule is CC(C)(C)c1ccc(Cn2c(CCCNC(=O)COc3ccccc3)nc3ccccc32)cc1. The summed E-state index contributed by atoms with van der Waals surface area (Å²) in [5.41, 5.74) is 4.87. The maximum absolute atomic E-state index is 12.1. The maximum atomic E-state index is 12.1. The molecule has 1 N–H and O–H groups in total. The largest absolute Gasteiger partial charge is 0.484 e. The fraction of sp³-hybridized carbons (Fsp3) is 0.310. The van der Waals surface area contributed by atoms with Crippen LogP contribution in [0.15, 0.2) is 78.9 Å². The van der Waals surface area contributed by atoms with Gasteiger partial charge in [0, 0.05) is 19.5 Å². The van der Waals surface area contributed by atoms with Crippen LogP contribution >= 0.6 is 0 Å². The number of carbonyl (C=O) groups excluding carboxylic acids is 1. The number of aryl methyl sites for hydroxylation is 1. The van der Waals surface area contributed by atoms with E-state index in [2.05, 4.69) is 73.1 Å². The lowest BCUT2D eigenvalue weighted by molar-refractivity contribution is -0.123. The highest BCUT2D eigenvalue weighted by Gasteiger charge is 2.14. The standard InChI is InChI=1S/C29H33N3O2/c1-29(2,3)23-17-15-22(16-18-23)20-32-26-13-8-7-12-25(26)31-27(32)14-9-19-30-28(33)21-34-24-10-5-4-6-11-24/h4-8,10-13,15-18H,9,14,19-21H2,1-3H3,(H,30,33). The van der Waals surface area contributed by atoms with E-state index >= 15 is 0 Å². The van der Waals surface area contributed by atoms with Gasteiger partial charge in [-0.05, 0) is 47.2 Å². The van der Waals surface area contributed by atoms with Crippen LogP contribution in [-0.2, 0) is 23.2 Å². The number of benzene rings is 3. The van der Waals surface area contributed by atoms with Gasteiger partial charge in [0.25, 0.3) is 5.91 Å². The summed E-state index contributed by atoms with van der Waals surface area (Å²) in [4.78, 5) is 17.0. The van der Waals surface area contributed by atoms with Crippen LogP contribution in [0.1, 0.15) is 44.1 Å². The van der Waals surface area contributed by atoms with Crippen LogP contribution in [0, 0.1) is 0 Å². The Balaban J connectivity index is 1.37. The molecule has 0 aliphatic carbocycles. The number of nitrogens with one attached hydrogen (secondary N) is 1. The highest BCUT2D eigenvalue weighted by atomic mass is 16.5. The summed E-state index contributed by atoms with van der Waals surface area (Å²) in [5, 5.41) is 2.95. The van der Waals surface area contributed by atoms with Gasteiger partial charge in [-0.3, -0.25) is 4.79 Å². The first-order chi connectivity index (χ1) is 16.4. The monoisotopic (exact) mass is 455 g/mol. The molecular formula is C29H33N3O2. The van der Waals surface area contributed by atoms with Gasteiger partial charge < -0.3 is 14.6 Å². The van der Waals surface area contributed by atoms with Gasteiger partial charge in [0.2, 0.25) is 0 Å². The van der Waals surface area contributed by atoms with E-state index in [1.165, 1.54) is 11.1 Å². The molecule has 0 saturated heterocycles. The number of hydrogen-bond donors (Lipinski definition) is 1. The number of aromatic nitrogens is 2. The Morgan fingerprint density at radius 2 is 1.65 bits per heavy atom. The minimum Gasteiger partial charge on any atom is -0.484 e. The van der Waals surface area contributed by atoms with Crippen molar-refractivity contribution in [1.82, 2.24) is 14.9 Å². The van der Waals surface area contributed by atoms with Crippen molar-refractivity contribution in [2.45, 2.75) is 45.6 Å². The van der Waals surface area contributed by atoms with Crippen LogP contribution in [0.25, 0.3) is 11.0 Å². The molecule has 0 bridgehead atoms. The van der Waals surface area contributed by atoms with E-state index in [1.54, 1.807) is 0 Å². The molecule has 3 aromatic carbocycles. The number of rotatable bonds is 9. The van der Waals surface area contributed by atoms with Gasteiger partial charge in [-0.2, -0.15) is 0 Å². The summed E-state index contributed by atoms with van der Waals surface area (Å²) in [6.45, 7) is 8.08. The average molecular weight is 456 g/mol. The third-order valence-corrected chi connectivity index (χ3v) is 5.91.